The third-order valence-electron chi connectivity index (χ3n) is 12.9. The highest BCUT2D eigenvalue weighted by atomic mass is 16.5. The lowest BCUT2D eigenvalue weighted by Crippen LogP contribution is -2.31. The number of carbonyl (C=O) groups excluding carboxylic acids is 10. The first-order valence-corrected chi connectivity index (χ1v) is 24.6. The number of benzene rings is 7. The van der Waals surface area contributed by atoms with Gasteiger partial charge in [-0.25, -0.2) is 24.2 Å². The Morgan fingerprint density at radius 2 is 0.696 bits per heavy atom. The van der Waals surface area contributed by atoms with Crippen molar-refractivity contribution in [3.63, 3.8) is 0 Å². The summed E-state index contributed by atoms with van der Waals surface area (Å²) in [6.07, 6.45) is -0.478. The van der Waals surface area contributed by atoms with Crippen LogP contribution in [0, 0.1) is 13.8 Å². The first-order valence-electron chi connectivity index (χ1n) is 24.6. The van der Waals surface area contributed by atoms with E-state index in [-0.39, 0.29) is 45.4 Å². The fourth-order valence-corrected chi connectivity index (χ4v) is 7.99. The highest BCUT2D eigenvalue weighted by molar-refractivity contribution is 6.33. The number of ketones is 2. The number of ether oxygens (including phenoxy) is 3. The highest BCUT2D eigenvalue weighted by Crippen LogP contribution is 2.29. The van der Waals surface area contributed by atoms with E-state index in [1.54, 1.807) is 82.3 Å². The second-order valence-corrected chi connectivity index (χ2v) is 18.4. The van der Waals surface area contributed by atoms with Gasteiger partial charge >= 0.3 is 17.9 Å². The molecule has 0 aromatic heterocycles. The number of rotatable bonds is 14. The molecular formula is C63H49N3O13. The monoisotopic (exact) mass is 1060 g/mol. The fourth-order valence-electron chi connectivity index (χ4n) is 7.99. The lowest BCUT2D eigenvalue weighted by molar-refractivity contribution is -0.122. The number of hydrogen-bond donors (Lipinski definition) is 1. The number of hydrogen-bond acceptors (Lipinski definition) is 13. The summed E-state index contributed by atoms with van der Waals surface area (Å²) >= 11 is 0. The van der Waals surface area contributed by atoms with Gasteiger partial charge in [-0.2, -0.15) is 0 Å². The maximum Gasteiger partial charge on any atom is 0.343 e. The molecule has 0 atom stereocenters. The van der Waals surface area contributed by atoms with Gasteiger partial charge in [0.2, 0.25) is 0 Å². The van der Waals surface area contributed by atoms with Crippen LogP contribution in [-0.2, 0) is 19.2 Å². The minimum absolute atomic E-state index is 0.0787. The van der Waals surface area contributed by atoms with Crippen LogP contribution in [0.5, 0.6) is 17.2 Å². The van der Waals surface area contributed by atoms with Gasteiger partial charge in [0.15, 0.2) is 11.6 Å². The molecule has 1 N–H and O–H groups in total. The van der Waals surface area contributed by atoms with Crippen LogP contribution in [0.1, 0.15) is 107 Å². The van der Waals surface area contributed by atoms with Crippen LogP contribution in [0.15, 0.2) is 192 Å². The number of nitrogens with one attached hydrogen (secondary N) is 1. The van der Waals surface area contributed by atoms with Gasteiger partial charge in [0.05, 0.1) is 34.5 Å². The van der Waals surface area contributed by atoms with Gasteiger partial charge < -0.3 is 19.5 Å². The standard InChI is InChI=1S/C43H32N2O9.C20H17NO4/c1-25-10-18-35(19-11-25)53-43(52)32-9-5-7-30(23-32)39(48)44-33-14-20-36(21-15-33)54-42(51)31-8-4-6-29(22-31)38(47)24-37(46)28-12-16-34(17-13-28)45-40(49)26(2)27(3)41(45)50;1-12-4-10-17(11-5-12)25-20(24)15-6-8-16(9-7-15)21-18(22)13(2)14(3)19(21)23/h4-23H,24H2,1-3H3,(H,44,48);4-11H,1-3H3. The van der Waals surface area contributed by atoms with Crippen LogP contribution in [0.25, 0.3) is 0 Å². The Balaban J connectivity index is 0.000000273. The molecule has 0 fully saturated rings. The van der Waals surface area contributed by atoms with E-state index in [2.05, 4.69) is 5.32 Å². The number of Topliss-reactive ketones (excluding diaryl/α,β-unsaturated/α-hetero) is 2. The van der Waals surface area contributed by atoms with Crippen molar-refractivity contribution in [2.45, 2.75) is 48.0 Å². The molecular weight excluding hydrogens is 1010 g/mol. The van der Waals surface area contributed by atoms with E-state index in [1.807, 2.05) is 38.1 Å². The molecule has 7 aromatic rings. The highest BCUT2D eigenvalue weighted by Gasteiger charge is 2.36. The Labute approximate surface area is 453 Å². The molecule has 394 valence electrons. The van der Waals surface area contributed by atoms with Gasteiger partial charge in [-0.05, 0) is 169 Å². The minimum atomic E-state index is -0.747. The summed E-state index contributed by atoms with van der Waals surface area (Å²) in [7, 11) is 0. The van der Waals surface area contributed by atoms with E-state index in [0.717, 1.165) is 20.9 Å². The third kappa shape index (κ3) is 12.6. The van der Waals surface area contributed by atoms with Gasteiger partial charge in [-0.3, -0.25) is 33.6 Å². The molecule has 0 bridgehead atoms. The summed E-state index contributed by atoms with van der Waals surface area (Å²) in [6.45, 7) is 10.3. The number of nitrogens with zero attached hydrogens (tertiary/aromatic N) is 2. The topological polar surface area (TPSA) is 217 Å². The predicted molar refractivity (Wildman–Crippen MR) is 292 cm³/mol. The molecule has 0 radical (unpaired) electrons. The van der Waals surface area contributed by atoms with Gasteiger partial charge in [0.1, 0.15) is 17.2 Å². The Kier molecular flexibility index (Phi) is 16.4. The quantitative estimate of drug-likeness (QED) is 0.0353. The van der Waals surface area contributed by atoms with Crippen molar-refractivity contribution in [1.29, 1.82) is 0 Å². The second kappa shape index (κ2) is 23.6. The smallest absolute Gasteiger partial charge is 0.343 e. The van der Waals surface area contributed by atoms with E-state index in [4.69, 9.17) is 14.2 Å². The minimum Gasteiger partial charge on any atom is -0.423 e. The molecule has 9 rings (SSSR count). The van der Waals surface area contributed by atoms with Crippen LogP contribution in [-0.4, -0.2) is 59.0 Å². The van der Waals surface area contributed by atoms with Crippen molar-refractivity contribution in [3.05, 3.63) is 237 Å². The summed E-state index contributed by atoms with van der Waals surface area (Å²) in [5.41, 5.74) is 6.03. The summed E-state index contributed by atoms with van der Waals surface area (Å²) in [4.78, 5) is 128. The van der Waals surface area contributed by atoms with Crippen molar-refractivity contribution in [3.8, 4) is 17.2 Å². The maximum atomic E-state index is 13.0. The van der Waals surface area contributed by atoms with Gasteiger partial charge in [0, 0.05) is 44.7 Å². The van der Waals surface area contributed by atoms with Gasteiger partial charge in [0.25, 0.3) is 29.5 Å². The van der Waals surface area contributed by atoms with Gasteiger partial charge in [-0.1, -0.05) is 53.6 Å². The predicted octanol–water partition coefficient (Wildman–Crippen LogP) is 10.8. The summed E-state index contributed by atoms with van der Waals surface area (Å²) in [6, 6.07) is 44.1. The van der Waals surface area contributed by atoms with Crippen LogP contribution in [0.3, 0.4) is 0 Å². The van der Waals surface area contributed by atoms with E-state index in [1.165, 1.54) is 91.0 Å². The fraction of sp³-hybridized carbons (Fsp3) is 0.111. The van der Waals surface area contributed by atoms with E-state index in [9.17, 15) is 47.9 Å². The Morgan fingerprint density at radius 3 is 1.11 bits per heavy atom. The van der Waals surface area contributed by atoms with Gasteiger partial charge in [-0.15, -0.1) is 0 Å². The number of carbonyl (C=O) groups is 10. The van der Waals surface area contributed by atoms with Crippen molar-refractivity contribution in [2.75, 3.05) is 15.1 Å². The number of imide groups is 2. The molecule has 0 saturated carbocycles. The zero-order valence-corrected chi connectivity index (χ0v) is 43.6. The van der Waals surface area contributed by atoms with E-state index >= 15 is 0 Å². The molecule has 2 aliphatic heterocycles. The number of esters is 3. The average molecular weight is 1060 g/mol. The molecule has 5 amide bonds. The lowest BCUT2D eigenvalue weighted by atomic mass is 10.00. The molecule has 0 unspecified atom stereocenters. The second-order valence-electron chi connectivity index (χ2n) is 18.4. The SMILES string of the molecule is CC1=C(C)C(=O)N(c2ccc(C(=O)CC(=O)c3cccc(C(=O)Oc4ccc(NC(=O)c5cccc(C(=O)Oc6ccc(C)cc6)c5)cc4)c3)cc2)C1=O.CC1=C(C)C(=O)N(c2ccc(C(=O)Oc3ccc(C)cc3)cc2)C1=O. The van der Waals surface area contributed by atoms with Crippen LogP contribution >= 0.6 is 0 Å². The van der Waals surface area contributed by atoms with Crippen molar-refractivity contribution < 1.29 is 62.2 Å². The number of amides is 5. The van der Waals surface area contributed by atoms with Crippen molar-refractivity contribution >= 4 is 76.1 Å². The molecule has 0 spiro atoms. The Bertz CT molecular complexity index is 3660. The molecule has 16 nitrogen and oxygen atoms in total. The average Bonchev–Trinajstić information content (AvgIpc) is 3.89. The molecule has 2 aliphatic rings. The molecule has 0 saturated heterocycles. The van der Waals surface area contributed by atoms with Crippen molar-refractivity contribution in [2.24, 2.45) is 0 Å². The normalized spacial score (nSPS) is 13.0. The Morgan fingerprint density at radius 1 is 0.367 bits per heavy atom. The van der Waals surface area contributed by atoms with E-state index < -0.39 is 53.6 Å². The molecule has 79 heavy (non-hydrogen) atoms. The van der Waals surface area contributed by atoms with Crippen LogP contribution < -0.4 is 29.3 Å². The largest absolute Gasteiger partial charge is 0.423 e. The zero-order chi connectivity index (χ0) is 56.7. The molecule has 7 aromatic carbocycles. The number of aryl methyl sites for hydroxylation is 2. The lowest BCUT2D eigenvalue weighted by Gasteiger charge is -2.15. The first-order chi connectivity index (χ1) is 37.8. The molecule has 0 aliphatic carbocycles. The summed E-state index contributed by atoms with van der Waals surface area (Å²) < 4.78 is 16.2. The van der Waals surface area contributed by atoms with Crippen LogP contribution in [0.4, 0.5) is 17.1 Å². The molecule has 2 heterocycles. The molecule has 16 heteroatoms. The maximum absolute atomic E-state index is 13.0. The third-order valence-corrected chi connectivity index (χ3v) is 12.9. The van der Waals surface area contributed by atoms with E-state index in [0.29, 0.717) is 56.4 Å². The van der Waals surface area contributed by atoms with Crippen LogP contribution in [0.2, 0.25) is 0 Å². The van der Waals surface area contributed by atoms with Crippen molar-refractivity contribution in [1.82, 2.24) is 0 Å². The number of anilines is 3. The summed E-state index contributed by atoms with van der Waals surface area (Å²) in [5, 5.41) is 2.73. The summed E-state index contributed by atoms with van der Waals surface area (Å²) in [5.74, 6) is -3.83. The Hall–Kier alpha value is -10.5. The first kappa shape index (κ1) is 54.8. The zero-order valence-electron chi connectivity index (χ0n) is 43.6.